The molecule has 146 valence electrons. The van der Waals surface area contributed by atoms with Gasteiger partial charge >= 0.3 is 0 Å². The molecule has 0 aliphatic carbocycles. The summed E-state index contributed by atoms with van der Waals surface area (Å²) in [6.45, 7) is -0.281. The summed E-state index contributed by atoms with van der Waals surface area (Å²) in [6, 6.07) is 9.06. The lowest BCUT2D eigenvalue weighted by Gasteiger charge is -2.33. The second-order valence-electron chi connectivity index (χ2n) is 5.82. The van der Waals surface area contributed by atoms with Crippen LogP contribution in [0.2, 0.25) is 10.0 Å². The van der Waals surface area contributed by atoms with Gasteiger partial charge in [0.1, 0.15) is 10.7 Å². The molecular weight excluding hydrogens is 438 g/mol. The molecule has 0 radical (unpaired) electrons. The number of sulfonamides is 2. The van der Waals surface area contributed by atoms with Crippen LogP contribution in [0.1, 0.15) is 0 Å². The molecule has 0 saturated carbocycles. The SMILES string of the molecule is O=S(=O)(c1cccc(F)c1)N1CCN(S(=O)(=O)c2c(Cl)cccc2Cl)CC1. The standard InChI is InChI=1S/C16H15Cl2FN2O4S2/c17-14-5-2-6-15(18)16(14)27(24,25)21-9-7-20(8-10-21)26(22,23)13-4-1-3-12(19)11-13/h1-6,11H,7-10H2. The van der Waals surface area contributed by atoms with Gasteiger partial charge < -0.3 is 0 Å². The van der Waals surface area contributed by atoms with Gasteiger partial charge in [0.05, 0.1) is 14.9 Å². The number of piperazine rings is 1. The molecule has 6 nitrogen and oxygen atoms in total. The summed E-state index contributed by atoms with van der Waals surface area (Å²) >= 11 is 12.0. The predicted octanol–water partition coefficient (Wildman–Crippen LogP) is 2.83. The van der Waals surface area contributed by atoms with E-state index in [-0.39, 0.29) is 46.0 Å². The lowest BCUT2D eigenvalue weighted by atomic mass is 10.4. The minimum atomic E-state index is -3.98. The maximum Gasteiger partial charge on any atom is 0.246 e. The van der Waals surface area contributed by atoms with E-state index < -0.39 is 25.9 Å². The number of hydrogen-bond donors (Lipinski definition) is 0. The van der Waals surface area contributed by atoms with Crippen LogP contribution >= 0.6 is 23.2 Å². The van der Waals surface area contributed by atoms with Crippen molar-refractivity contribution in [2.24, 2.45) is 0 Å². The van der Waals surface area contributed by atoms with E-state index in [4.69, 9.17) is 23.2 Å². The molecule has 0 spiro atoms. The van der Waals surface area contributed by atoms with Crippen molar-refractivity contribution in [3.63, 3.8) is 0 Å². The zero-order chi connectivity index (χ0) is 19.8. The van der Waals surface area contributed by atoms with Gasteiger partial charge in [0.15, 0.2) is 0 Å². The number of halogens is 3. The Hall–Kier alpha value is -1.23. The highest BCUT2D eigenvalue weighted by atomic mass is 35.5. The maximum absolute atomic E-state index is 13.4. The molecule has 3 rings (SSSR count). The number of hydrogen-bond acceptors (Lipinski definition) is 4. The minimum Gasteiger partial charge on any atom is -0.207 e. The van der Waals surface area contributed by atoms with Crippen LogP contribution in [-0.2, 0) is 20.0 Å². The van der Waals surface area contributed by atoms with Crippen LogP contribution in [0.5, 0.6) is 0 Å². The van der Waals surface area contributed by atoms with Crippen LogP contribution < -0.4 is 0 Å². The Morgan fingerprint density at radius 3 is 1.78 bits per heavy atom. The van der Waals surface area contributed by atoms with Crippen molar-refractivity contribution in [2.75, 3.05) is 26.2 Å². The van der Waals surface area contributed by atoms with Crippen LogP contribution in [0, 0.1) is 5.82 Å². The number of nitrogens with zero attached hydrogens (tertiary/aromatic N) is 2. The lowest BCUT2D eigenvalue weighted by molar-refractivity contribution is 0.273. The van der Waals surface area contributed by atoms with E-state index in [0.717, 1.165) is 20.7 Å². The largest absolute Gasteiger partial charge is 0.246 e. The smallest absolute Gasteiger partial charge is 0.207 e. The zero-order valence-electron chi connectivity index (χ0n) is 13.8. The summed E-state index contributed by atoms with van der Waals surface area (Å²) in [5.74, 6) is -0.661. The maximum atomic E-state index is 13.4. The second kappa shape index (κ2) is 7.65. The first-order chi connectivity index (χ1) is 12.6. The topological polar surface area (TPSA) is 74.8 Å². The second-order valence-corrected chi connectivity index (χ2v) is 10.4. The van der Waals surface area contributed by atoms with Crippen molar-refractivity contribution < 1.29 is 21.2 Å². The highest BCUT2D eigenvalue weighted by Gasteiger charge is 2.35. The van der Waals surface area contributed by atoms with Crippen LogP contribution in [0.25, 0.3) is 0 Å². The third-order valence-corrected chi connectivity index (χ3v) is 8.90. The van der Waals surface area contributed by atoms with Crippen molar-refractivity contribution in [3.05, 3.63) is 58.3 Å². The summed E-state index contributed by atoms with van der Waals surface area (Å²) in [7, 11) is -7.89. The third kappa shape index (κ3) is 3.98. The van der Waals surface area contributed by atoms with Crippen LogP contribution in [0.4, 0.5) is 4.39 Å². The van der Waals surface area contributed by atoms with Gasteiger partial charge in [0.2, 0.25) is 20.0 Å². The van der Waals surface area contributed by atoms with E-state index in [1.54, 1.807) is 0 Å². The Bertz CT molecular complexity index is 1050. The highest BCUT2D eigenvalue weighted by Crippen LogP contribution is 2.32. The Balaban J connectivity index is 1.81. The Morgan fingerprint density at radius 1 is 0.778 bits per heavy atom. The van der Waals surface area contributed by atoms with Crippen LogP contribution in [-0.4, -0.2) is 51.6 Å². The van der Waals surface area contributed by atoms with Gasteiger partial charge in [-0.1, -0.05) is 35.3 Å². The molecule has 0 aromatic heterocycles. The van der Waals surface area contributed by atoms with Crippen LogP contribution in [0.3, 0.4) is 0 Å². The Labute approximate surface area is 167 Å². The van der Waals surface area contributed by atoms with Gasteiger partial charge in [-0.25, -0.2) is 21.2 Å². The molecule has 1 aliphatic heterocycles. The van der Waals surface area contributed by atoms with Gasteiger partial charge in [-0.05, 0) is 30.3 Å². The summed E-state index contributed by atoms with van der Waals surface area (Å²) in [4.78, 5) is -0.372. The van der Waals surface area contributed by atoms with E-state index in [2.05, 4.69) is 0 Å². The van der Waals surface area contributed by atoms with Crippen molar-refractivity contribution >= 4 is 43.2 Å². The first-order valence-corrected chi connectivity index (χ1v) is 11.5. The van der Waals surface area contributed by atoms with E-state index in [1.807, 2.05) is 0 Å². The molecule has 1 saturated heterocycles. The minimum absolute atomic E-state index is 0.00249. The average Bonchev–Trinajstić information content (AvgIpc) is 2.61. The van der Waals surface area contributed by atoms with Gasteiger partial charge in [0, 0.05) is 26.2 Å². The molecule has 0 atom stereocenters. The highest BCUT2D eigenvalue weighted by molar-refractivity contribution is 7.89. The molecule has 2 aromatic rings. The quantitative estimate of drug-likeness (QED) is 0.714. The monoisotopic (exact) mass is 452 g/mol. The Kier molecular flexibility index (Phi) is 5.81. The molecule has 1 fully saturated rings. The van der Waals surface area contributed by atoms with Crippen LogP contribution in [0.15, 0.2) is 52.3 Å². The molecule has 27 heavy (non-hydrogen) atoms. The fraction of sp³-hybridized carbons (Fsp3) is 0.250. The molecule has 2 aromatic carbocycles. The van der Waals surface area contributed by atoms with Gasteiger partial charge in [-0.15, -0.1) is 0 Å². The molecule has 0 unspecified atom stereocenters. The number of benzene rings is 2. The first kappa shape index (κ1) is 20.5. The van der Waals surface area contributed by atoms with Crippen molar-refractivity contribution in [2.45, 2.75) is 9.79 Å². The molecule has 1 heterocycles. The van der Waals surface area contributed by atoms with E-state index in [0.29, 0.717) is 0 Å². The van der Waals surface area contributed by atoms with Crippen molar-refractivity contribution in [3.8, 4) is 0 Å². The average molecular weight is 453 g/mol. The molecule has 0 amide bonds. The van der Waals surface area contributed by atoms with E-state index in [1.165, 1.54) is 30.3 Å². The van der Waals surface area contributed by atoms with Gasteiger partial charge in [-0.2, -0.15) is 8.61 Å². The van der Waals surface area contributed by atoms with E-state index >= 15 is 0 Å². The summed E-state index contributed by atoms with van der Waals surface area (Å²) in [5.41, 5.74) is 0. The van der Waals surface area contributed by atoms with Crippen molar-refractivity contribution in [1.82, 2.24) is 8.61 Å². The molecular formula is C16H15Cl2FN2O4S2. The third-order valence-electron chi connectivity index (χ3n) is 4.15. The first-order valence-electron chi connectivity index (χ1n) is 7.84. The molecule has 0 N–H and O–H groups in total. The summed E-state index contributed by atoms with van der Waals surface area (Å²) < 4.78 is 66.5. The fourth-order valence-electron chi connectivity index (χ4n) is 2.79. The predicted molar refractivity (Wildman–Crippen MR) is 100 cm³/mol. The van der Waals surface area contributed by atoms with Crippen molar-refractivity contribution in [1.29, 1.82) is 0 Å². The number of rotatable bonds is 4. The summed E-state index contributed by atoms with van der Waals surface area (Å²) in [5, 5.41) is -0.00498. The lowest BCUT2D eigenvalue weighted by Crippen LogP contribution is -2.50. The normalized spacial score (nSPS) is 17.1. The molecule has 11 heteroatoms. The van der Waals surface area contributed by atoms with Gasteiger partial charge in [0.25, 0.3) is 0 Å². The summed E-state index contributed by atoms with van der Waals surface area (Å²) in [6.07, 6.45) is 0. The van der Waals surface area contributed by atoms with Gasteiger partial charge in [-0.3, -0.25) is 0 Å². The molecule has 1 aliphatic rings. The zero-order valence-corrected chi connectivity index (χ0v) is 17.0. The Morgan fingerprint density at radius 2 is 1.26 bits per heavy atom. The van der Waals surface area contributed by atoms with E-state index in [9.17, 15) is 21.2 Å². The fourth-order valence-corrected chi connectivity index (χ4v) is 6.75. The molecule has 0 bridgehead atoms.